The first kappa shape index (κ1) is 17.9. The quantitative estimate of drug-likeness (QED) is 0.436. The molecule has 0 aliphatic carbocycles. The predicted molar refractivity (Wildman–Crippen MR) is 90.8 cm³/mol. The molecule has 2 aromatic heterocycles. The van der Waals surface area contributed by atoms with Gasteiger partial charge in [0.15, 0.2) is 0 Å². The van der Waals surface area contributed by atoms with E-state index in [1.165, 1.54) is 6.33 Å². The van der Waals surface area contributed by atoms with E-state index >= 15 is 0 Å². The van der Waals surface area contributed by atoms with Crippen LogP contribution in [0.4, 0.5) is 0 Å². The van der Waals surface area contributed by atoms with Gasteiger partial charge in [-0.25, -0.2) is 15.0 Å². The molecule has 4 aromatic rings. The van der Waals surface area contributed by atoms with E-state index in [2.05, 4.69) is 15.0 Å². The second kappa shape index (κ2) is 7.52. The molecule has 26 heavy (non-hydrogen) atoms. The van der Waals surface area contributed by atoms with Crippen molar-refractivity contribution in [2.24, 2.45) is 0 Å². The van der Waals surface area contributed by atoms with Gasteiger partial charge in [-0.1, -0.05) is 18.2 Å². The van der Waals surface area contributed by atoms with Crippen LogP contribution in [0.5, 0.6) is 0 Å². The Labute approximate surface area is 161 Å². The minimum Gasteiger partial charge on any atom is -0.550 e. The van der Waals surface area contributed by atoms with Gasteiger partial charge in [-0.3, -0.25) is 4.57 Å². The number of carboxylic acids is 1. The van der Waals surface area contributed by atoms with Crippen LogP contribution in [0.15, 0.2) is 67.5 Å². The van der Waals surface area contributed by atoms with Gasteiger partial charge in [0.05, 0.1) is 11.0 Å². The molecule has 0 radical (unpaired) electrons. The number of carbonyl (C=O) groups excluding carboxylic acids is 1. The maximum atomic E-state index is 10.7. The molecule has 0 N–H and O–H groups in total. The summed E-state index contributed by atoms with van der Waals surface area (Å²) in [6, 6.07) is 13.3. The van der Waals surface area contributed by atoms with Gasteiger partial charge in [0.1, 0.15) is 12.7 Å². The first-order chi connectivity index (χ1) is 12.2. The molecule has 0 saturated heterocycles. The Hall–Kier alpha value is -2.94. The molecule has 0 unspecified atom stereocenters. The van der Waals surface area contributed by atoms with Gasteiger partial charge < -0.3 is 9.90 Å². The second-order valence-electron chi connectivity index (χ2n) is 5.66. The third-order valence-corrected chi connectivity index (χ3v) is 4.00. The molecule has 0 spiro atoms. The Bertz CT molecular complexity index is 1050. The zero-order chi connectivity index (χ0) is 17.2. The molecule has 122 valence electrons. The maximum Gasteiger partial charge on any atom is 1.00 e. The Kier molecular flexibility index (Phi) is 5.17. The summed E-state index contributed by atoms with van der Waals surface area (Å²) < 4.78 is 1.96. The van der Waals surface area contributed by atoms with Crippen LogP contribution in [-0.4, -0.2) is 25.5 Å². The summed E-state index contributed by atoms with van der Waals surface area (Å²) in [5, 5.41) is 10.7. The molecule has 0 atom stereocenters. The summed E-state index contributed by atoms with van der Waals surface area (Å²) in [5.74, 6) is -1.08. The number of carbonyl (C=O) groups is 1. The van der Waals surface area contributed by atoms with Crippen LogP contribution >= 0.6 is 0 Å². The van der Waals surface area contributed by atoms with Gasteiger partial charge in [-0.05, 0) is 35.4 Å². The summed E-state index contributed by atoms with van der Waals surface area (Å²) in [4.78, 5) is 23.2. The number of benzene rings is 2. The van der Waals surface area contributed by atoms with Crippen LogP contribution in [0.3, 0.4) is 0 Å². The van der Waals surface area contributed by atoms with Crippen LogP contribution < -0.4 is 24.0 Å². The van der Waals surface area contributed by atoms with E-state index in [1.807, 2.05) is 34.9 Å². The van der Waals surface area contributed by atoms with E-state index in [-0.39, 0.29) is 25.3 Å². The van der Waals surface area contributed by atoms with Crippen molar-refractivity contribution >= 4 is 17.0 Å². The van der Waals surface area contributed by atoms with Gasteiger partial charge in [0.2, 0.25) is 0 Å². The fraction of sp³-hybridized carbons (Fsp3) is 0.0526. The van der Waals surface area contributed by atoms with Gasteiger partial charge >= 0.3 is 18.9 Å². The number of aromatic nitrogens is 4. The fourth-order valence-electron chi connectivity index (χ4n) is 2.79. The Morgan fingerprint density at radius 3 is 2.42 bits per heavy atom. The van der Waals surface area contributed by atoms with Crippen molar-refractivity contribution in [1.82, 2.24) is 19.5 Å². The summed E-state index contributed by atoms with van der Waals surface area (Å²) in [5.41, 5.74) is 5.39. The number of fused-ring (bicyclic) bond motifs is 1. The van der Waals surface area contributed by atoms with Crippen LogP contribution in [-0.2, 0) is 11.2 Å². The molecule has 0 amide bonds. The van der Waals surface area contributed by atoms with E-state index < -0.39 is 5.97 Å². The van der Waals surface area contributed by atoms with Crippen LogP contribution in [0.2, 0.25) is 0 Å². The molecule has 2 aromatic carbocycles. The van der Waals surface area contributed by atoms with E-state index in [0.717, 1.165) is 27.8 Å². The van der Waals surface area contributed by atoms with Crippen molar-refractivity contribution in [3.63, 3.8) is 0 Å². The monoisotopic (exact) mass is 336 g/mol. The second-order valence-corrected chi connectivity index (χ2v) is 5.66. The maximum absolute atomic E-state index is 10.7. The molecule has 0 bridgehead atoms. The number of rotatable bonds is 4. The molecule has 0 aliphatic rings. The summed E-state index contributed by atoms with van der Waals surface area (Å²) in [7, 11) is 0. The van der Waals surface area contributed by atoms with Crippen LogP contribution in [0, 0.1) is 0 Å². The molecule has 7 heteroatoms. The SMILES string of the molecule is O=C([O-])Cc1ccc(-n2cnc3cc(-c4cncnc4)ccc32)cc1.[Li+]. The fourth-order valence-corrected chi connectivity index (χ4v) is 2.79. The Morgan fingerprint density at radius 2 is 1.73 bits per heavy atom. The van der Waals surface area contributed by atoms with E-state index in [4.69, 9.17) is 0 Å². The summed E-state index contributed by atoms with van der Waals surface area (Å²) in [6.07, 6.45) is 6.69. The Morgan fingerprint density at radius 1 is 1.00 bits per heavy atom. The van der Waals surface area contributed by atoms with Crippen molar-refractivity contribution in [3.05, 3.63) is 73.1 Å². The number of nitrogens with zero attached hydrogens (tertiary/aromatic N) is 4. The van der Waals surface area contributed by atoms with Crippen molar-refractivity contribution in [2.75, 3.05) is 0 Å². The average molecular weight is 336 g/mol. The molecule has 0 saturated carbocycles. The summed E-state index contributed by atoms with van der Waals surface area (Å²) in [6.45, 7) is 0. The molecule has 2 heterocycles. The van der Waals surface area contributed by atoms with Crippen LogP contribution in [0.1, 0.15) is 5.56 Å². The van der Waals surface area contributed by atoms with Gasteiger partial charge in [0, 0.05) is 36.0 Å². The third-order valence-electron chi connectivity index (χ3n) is 4.00. The van der Waals surface area contributed by atoms with E-state index in [9.17, 15) is 9.90 Å². The van der Waals surface area contributed by atoms with Gasteiger partial charge in [-0.15, -0.1) is 0 Å². The van der Waals surface area contributed by atoms with Crippen molar-refractivity contribution in [3.8, 4) is 16.8 Å². The molecule has 4 rings (SSSR count). The molecule has 6 nitrogen and oxygen atoms in total. The van der Waals surface area contributed by atoms with Crippen molar-refractivity contribution in [2.45, 2.75) is 6.42 Å². The third kappa shape index (κ3) is 3.52. The molecule has 0 fully saturated rings. The Balaban J connectivity index is 0.00000196. The topological polar surface area (TPSA) is 83.7 Å². The number of hydrogen-bond donors (Lipinski definition) is 0. The van der Waals surface area contributed by atoms with Crippen molar-refractivity contribution < 1.29 is 28.8 Å². The minimum atomic E-state index is -1.08. The molecule has 0 aliphatic heterocycles. The predicted octanol–water partition coefficient (Wildman–Crippen LogP) is -1.22. The minimum absolute atomic E-state index is 0. The first-order valence-electron chi connectivity index (χ1n) is 7.72. The summed E-state index contributed by atoms with van der Waals surface area (Å²) >= 11 is 0. The number of hydrogen-bond acceptors (Lipinski definition) is 5. The zero-order valence-corrected chi connectivity index (χ0v) is 14.2. The standard InChI is InChI=1S/C19H14N4O2.Li/c24-19(25)7-13-1-4-16(5-2-13)23-12-22-17-8-14(3-6-18(17)23)15-9-20-11-21-10-15;/h1-6,8-12H,7H2,(H,24,25);/q;+1/p-1. The van der Waals surface area contributed by atoms with E-state index in [0.29, 0.717) is 5.56 Å². The van der Waals surface area contributed by atoms with Crippen LogP contribution in [0.25, 0.3) is 27.8 Å². The smallest absolute Gasteiger partial charge is 0.550 e. The molecular weight excluding hydrogens is 323 g/mol. The number of carboxylic acid groups (broad SMARTS) is 1. The normalized spacial score (nSPS) is 10.5. The number of aliphatic carboxylic acids is 1. The average Bonchev–Trinajstić information content (AvgIpc) is 3.06. The number of imidazole rings is 1. The zero-order valence-electron chi connectivity index (χ0n) is 14.2. The largest absolute Gasteiger partial charge is 1.00 e. The van der Waals surface area contributed by atoms with Gasteiger partial charge in [-0.2, -0.15) is 0 Å². The molecular formula is C19H13LiN4O2. The first-order valence-corrected chi connectivity index (χ1v) is 7.72. The van der Waals surface area contributed by atoms with Crippen molar-refractivity contribution in [1.29, 1.82) is 0 Å². The van der Waals surface area contributed by atoms with Gasteiger partial charge in [0.25, 0.3) is 0 Å². The van der Waals surface area contributed by atoms with E-state index in [1.54, 1.807) is 30.9 Å².